The predicted octanol–water partition coefficient (Wildman–Crippen LogP) is 1.61. The van der Waals surface area contributed by atoms with Crippen LogP contribution in [0, 0.1) is 5.92 Å². The number of carbonyl (C=O) groups excluding carboxylic acids is 1. The lowest BCUT2D eigenvalue weighted by Crippen LogP contribution is -2.40. The summed E-state index contributed by atoms with van der Waals surface area (Å²) in [6.45, 7) is 12.7. The highest BCUT2D eigenvalue weighted by Gasteiger charge is 2.19. The van der Waals surface area contributed by atoms with Crippen LogP contribution in [0.5, 0.6) is 0 Å². The van der Waals surface area contributed by atoms with Gasteiger partial charge in [0.2, 0.25) is 5.91 Å². The van der Waals surface area contributed by atoms with E-state index in [4.69, 9.17) is 0 Å². The molecule has 0 aromatic carbocycles. The highest BCUT2D eigenvalue weighted by atomic mass is 16.1. The van der Waals surface area contributed by atoms with Gasteiger partial charge in [-0.15, -0.1) is 0 Å². The van der Waals surface area contributed by atoms with Crippen LogP contribution in [0.1, 0.15) is 47.0 Å². The number of amides is 1. The second-order valence-electron chi connectivity index (χ2n) is 6.32. The van der Waals surface area contributed by atoms with Gasteiger partial charge in [-0.05, 0) is 52.2 Å². The summed E-state index contributed by atoms with van der Waals surface area (Å²) in [5.74, 6) is 0.988. The summed E-state index contributed by atoms with van der Waals surface area (Å²) < 4.78 is 0. The van der Waals surface area contributed by atoms with E-state index >= 15 is 0 Å². The summed E-state index contributed by atoms with van der Waals surface area (Å²) in [6.07, 6.45) is 3.14. The van der Waals surface area contributed by atoms with E-state index in [2.05, 4.69) is 29.4 Å². The van der Waals surface area contributed by atoms with E-state index < -0.39 is 0 Å². The Balaban J connectivity index is 2.11. The molecule has 0 saturated carbocycles. The summed E-state index contributed by atoms with van der Waals surface area (Å²) in [7, 11) is 0. The number of carbonyl (C=O) groups is 1. The first kappa shape index (κ1) is 16.4. The zero-order valence-electron chi connectivity index (χ0n) is 13.0. The summed E-state index contributed by atoms with van der Waals surface area (Å²) in [4.78, 5) is 14.0. The van der Waals surface area contributed by atoms with Gasteiger partial charge < -0.3 is 15.5 Å². The monoisotopic (exact) mass is 269 g/mol. The molecule has 0 aromatic rings. The summed E-state index contributed by atoms with van der Waals surface area (Å²) in [5.41, 5.74) is 0. The molecule has 1 fully saturated rings. The molecule has 0 bridgehead atoms. The molecule has 1 aliphatic heterocycles. The molecule has 4 heteroatoms. The van der Waals surface area contributed by atoms with Crippen molar-refractivity contribution in [3.63, 3.8) is 0 Å². The molecule has 112 valence electrons. The largest absolute Gasteiger partial charge is 0.354 e. The number of hydrogen-bond acceptors (Lipinski definition) is 3. The van der Waals surface area contributed by atoms with Crippen LogP contribution in [0.25, 0.3) is 0 Å². The Morgan fingerprint density at radius 3 is 2.32 bits per heavy atom. The molecule has 1 heterocycles. The van der Waals surface area contributed by atoms with Crippen LogP contribution < -0.4 is 10.6 Å². The van der Waals surface area contributed by atoms with Crippen molar-refractivity contribution in [2.45, 2.75) is 59.0 Å². The average molecular weight is 269 g/mol. The van der Waals surface area contributed by atoms with E-state index in [-0.39, 0.29) is 11.9 Å². The minimum atomic E-state index is 0.179. The molecule has 0 unspecified atom stereocenters. The van der Waals surface area contributed by atoms with Gasteiger partial charge in [-0.2, -0.15) is 0 Å². The third kappa shape index (κ3) is 7.53. The van der Waals surface area contributed by atoms with Crippen LogP contribution >= 0.6 is 0 Å². The second kappa shape index (κ2) is 8.54. The highest BCUT2D eigenvalue weighted by Crippen LogP contribution is 2.16. The smallest absolute Gasteiger partial charge is 0.221 e. The van der Waals surface area contributed by atoms with Crippen molar-refractivity contribution in [2.75, 3.05) is 26.2 Å². The number of nitrogens with one attached hydrogen (secondary N) is 2. The van der Waals surface area contributed by atoms with E-state index in [0.29, 0.717) is 12.5 Å². The second-order valence-corrected chi connectivity index (χ2v) is 6.32. The van der Waals surface area contributed by atoms with Crippen LogP contribution in [0.4, 0.5) is 0 Å². The van der Waals surface area contributed by atoms with Crippen LogP contribution in [0.2, 0.25) is 0 Å². The lowest BCUT2D eigenvalue weighted by molar-refractivity contribution is -0.122. The molecule has 0 aliphatic carbocycles. The first-order valence-corrected chi connectivity index (χ1v) is 7.72. The van der Waals surface area contributed by atoms with Gasteiger partial charge in [0.1, 0.15) is 0 Å². The molecule has 19 heavy (non-hydrogen) atoms. The molecule has 0 atom stereocenters. The Morgan fingerprint density at radius 2 is 1.79 bits per heavy atom. The Labute approximate surface area is 118 Å². The molecule has 1 amide bonds. The number of piperidine rings is 1. The fourth-order valence-electron chi connectivity index (χ4n) is 2.47. The molecule has 2 N–H and O–H groups in total. The van der Waals surface area contributed by atoms with Gasteiger partial charge in [-0.3, -0.25) is 4.79 Å². The summed E-state index contributed by atoms with van der Waals surface area (Å²) in [6, 6.07) is 0.832. The minimum absolute atomic E-state index is 0.179. The predicted molar refractivity (Wildman–Crippen MR) is 80.2 cm³/mol. The van der Waals surface area contributed by atoms with Crippen molar-refractivity contribution in [1.82, 2.24) is 15.5 Å². The quantitative estimate of drug-likeness (QED) is 0.738. The molecule has 1 aliphatic rings. The Morgan fingerprint density at radius 1 is 1.16 bits per heavy atom. The lowest BCUT2D eigenvalue weighted by Gasteiger charge is -2.32. The van der Waals surface area contributed by atoms with Crippen molar-refractivity contribution in [3.05, 3.63) is 0 Å². The molecule has 4 nitrogen and oxygen atoms in total. The SMILES string of the molecule is CC(C)NCC1CCN(CCC(=O)NC(C)C)CC1. The molecular weight excluding hydrogens is 238 g/mol. The van der Waals surface area contributed by atoms with Crippen molar-refractivity contribution in [1.29, 1.82) is 0 Å². The van der Waals surface area contributed by atoms with Crippen LogP contribution in [-0.4, -0.2) is 49.1 Å². The first-order valence-electron chi connectivity index (χ1n) is 7.72. The Kier molecular flexibility index (Phi) is 7.39. The highest BCUT2D eigenvalue weighted by molar-refractivity contribution is 5.76. The van der Waals surface area contributed by atoms with Crippen LogP contribution in [-0.2, 0) is 4.79 Å². The Hall–Kier alpha value is -0.610. The summed E-state index contributed by atoms with van der Waals surface area (Å²) in [5, 5.41) is 6.47. The fourth-order valence-corrected chi connectivity index (χ4v) is 2.47. The minimum Gasteiger partial charge on any atom is -0.354 e. The van der Waals surface area contributed by atoms with Gasteiger partial charge in [-0.25, -0.2) is 0 Å². The van der Waals surface area contributed by atoms with Gasteiger partial charge in [0.25, 0.3) is 0 Å². The molecule has 0 radical (unpaired) electrons. The Bertz CT molecular complexity index is 258. The van der Waals surface area contributed by atoms with Gasteiger partial charge in [0.15, 0.2) is 0 Å². The number of likely N-dealkylation sites (tertiary alicyclic amines) is 1. The standard InChI is InChI=1S/C15H31N3O/c1-12(2)16-11-14-5-8-18(9-6-14)10-7-15(19)17-13(3)4/h12-14,16H,5-11H2,1-4H3,(H,17,19). The van der Waals surface area contributed by atoms with Gasteiger partial charge >= 0.3 is 0 Å². The van der Waals surface area contributed by atoms with Crippen molar-refractivity contribution < 1.29 is 4.79 Å². The van der Waals surface area contributed by atoms with Gasteiger partial charge in [0.05, 0.1) is 0 Å². The zero-order valence-corrected chi connectivity index (χ0v) is 13.0. The fraction of sp³-hybridized carbons (Fsp3) is 0.933. The number of rotatable bonds is 7. The first-order chi connectivity index (χ1) is 8.97. The molecule has 0 aromatic heterocycles. The van der Waals surface area contributed by atoms with E-state index in [0.717, 1.165) is 32.1 Å². The van der Waals surface area contributed by atoms with Crippen LogP contribution in [0.15, 0.2) is 0 Å². The van der Waals surface area contributed by atoms with Gasteiger partial charge in [0, 0.05) is 25.0 Å². The maximum Gasteiger partial charge on any atom is 0.221 e. The maximum atomic E-state index is 11.6. The normalized spacial score (nSPS) is 18.2. The number of hydrogen-bond donors (Lipinski definition) is 2. The third-order valence-corrected chi connectivity index (χ3v) is 3.63. The van der Waals surface area contributed by atoms with Crippen molar-refractivity contribution in [3.8, 4) is 0 Å². The number of nitrogens with zero attached hydrogens (tertiary/aromatic N) is 1. The van der Waals surface area contributed by atoms with Crippen molar-refractivity contribution in [2.24, 2.45) is 5.92 Å². The average Bonchev–Trinajstić information content (AvgIpc) is 2.34. The molecular formula is C15H31N3O. The third-order valence-electron chi connectivity index (χ3n) is 3.63. The molecule has 0 spiro atoms. The maximum absolute atomic E-state index is 11.6. The van der Waals surface area contributed by atoms with E-state index in [1.165, 1.54) is 12.8 Å². The van der Waals surface area contributed by atoms with Crippen LogP contribution in [0.3, 0.4) is 0 Å². The summed E-state index contributed by atoms with van der Waals surface area (Å²) >= 11 is 0. The van der Waals surface area contributed by atoms with E-state index in [1.54, 1.807) is 0 Å². The molecule has 1 saturated heterocycles. The zero-order chi connectivity index (χ0) is 14.3. The molecule has 1 rings (SSSR count). The van der Waals surface area contributed by atoms with Crippen molar-refractivity contribution >= 4 is 5.91 Å². The topological polar surface area (TPSA) is 44.4 Å². The lowest BCUT2D eigenvalue weighted by atomic mass is 9.96. The van der Waals surface area contributed by atoms with E-state index in [1.807, 2.05) is 13.8 Å². The van der Waals surface area contributed by atoms with E-state index in [9.17, 15) is 4.79 Å². The van der Waals surface area contributed by atoms with Gasteiger partial charge in [-0.1, -0.05) is 13.8 Å².